The highest BCUT2D eigenvalue weighted by atomic mass is 35.5. The maximum atomic E-state index is 11.8. The number of benzene rings is 1. The van der Waals surface area contributed by atoms with E-state index in [0.29, 0.717) is 17.5 Å². The van der Waals surface area contributed by atoms with Gasteiger partial charge in [-0.1, -0.05) is 37.6 Å². The normalized spacial score (nSPS) is 10.8. The molecular weight excluding hydrogens is 292 g/mol. The second-order valence-electron chi connectivity index (χ2n) is 5.08. The Morgan fingerprint density at radius 2 is 2.00 bits per heavy atom. The molecule has 0 radical (unpaired) electrons. The molecular formula is C15H17ClN2OS. The van der Waals surface area contributed by atoms with Crippen molar-refractivity contribution in [2.75, 3.05) is 11.4 Å². The van der Waals surface area contributed by atoms with E-state index in [2.05, 4.69) is 18.2 Å². The minimum Gasteiger partial charge on any atom is -0.303 e. The molecule has 1 aromatic heterocycles. The Labute approximate surface area is 128 Å². The third kappa shape index (κ3) is 3.58. The Kier molecular flexibility index (Phi) is 4.78. The van der Waals surface area contributed by atoms with Crippen molar-refractivity contribution < 1.29 is 4.79 Å². The summed E-state index contributed by atoms with van der Waals surface area (Å²) in [6.45, 7) is 6.48. The molecule has 0 N–H and O–H groups in total. The van der Waals surface area contributed by atoms with Crippen LogP contribution in [0.15, 0.2) is 30.3 Å². The standard InChI is InChI=1S/C15H17ClN2OS/c1-10(2)9-18(11(3)19)15-8-14(17-20-15)12-4-6-13(16)7-5-12/h4-8,10H,9H2,1-3H3. The Bertz CT molecular complexity index is 592. The Balaban J connectivity index is 2.26. The van der Waals surface area contributed by atoms with Crippen LogP contribution in [0.1, 0.15) is 20.8 Å². The van der Waals surface area contributed by atoms with Crippen LogP contribution in [0.2, 0.25) is 5.02 Å². The zero-order chi connectivity index (χ0) is 14.7. The van der Waals surface area contributed by atoms with E-state index in [0.717, 1.165) is 16.3 Å². The number of anilines is 1. The molecule has 0 saturated heterocycles. The summed E-state index contributed by atoms with van der Waals surface area (Å²) in [6, 6.07) is 9.50. The average Bonchev–Trinajstić information content (AvgIpc) is 2.85. The van der Waals surface area contributed by atoms with E-state index in [1.807, 2.05) is 30.3 Å². The number of hydrogen-bond acceptors (Lipinski definition) is 3. The number of rotatable bonds is 4. The molecule has 2 aromatic rings. The predicted molar refractivity (Wildman–Crippen MR) is 85.4 cm³/mol. The highest BCUT2D eigenvalue weighted by Gasteiger charge is 2.16. The van der Waals surface area contributed by atoms with Crippen LogP contribution in [0, 0.1) is 5.92 Å². The van der Waals surface area contributed by atoms with Gasteiger partial charge in [0.25, 0.3) is 0 Å². The molecule has 0 aliphatic rings. The highest BCUT2D eigenvalue weighted by molar-refractivity contribution is 7.10. The van der Waals surface area contributed by atoms with Crippen molar-refractivity contribution >= 4 is 34.0 Å². The largest absolute Gasteiger partial charge is 0.303 e. The number of hydrogen-bond donors (Lipinski definition) is 0. The topological polar surface area (TPSA) is 33.2 Å². The van der Waals surface area contributed by atoms with Gasteiger partial charge < -0.3 is 4.90 Å². The van der Waals surface area contributed by atoms with Crippen LogP contribution in [-0.4, -0.2) is 16.8 Å². The van der Waals surface area contributed by atoms with Crippen LogP contribution >= 0.6 is 23.1 Å². The lowest BCUT2D eigenvalue weighted by Crippen LogP contribution is -2.31. The van der Waals surface area contributed by atoms with E-state index >= 15 is 0 Å². The fourth-order valence-electron chi connectivity index (χ4n) is 1.89. The van der Waals surface area contributed by atoms with Gasteiger partial charge >= 0.3 is 0 Å². The van der Waals surface area contributed by atoms with Crippen LogP contribution in [0.5, 0.6) is 0 Å². The molecule has 0 bridgehead atoms. The molecule has 0 saturated carbocycles. The maximum Gasteiger partial charge on any atom is 0.224 e. The summed E-state index contributed by atoms with van der Waals surface area (Å²) in [5, 5.41) is 1.59. The molecule has 0 aliphatic heterocycles. The van der Waals surface area contributed by atoms with Crippen LogP contribution in [0.3, 0.4) is 0 Å². The lowest BCUT2D eigenvalue weighted by atomic mass is 10.1. The molecule has 5 heteroatoms. The zero-order valence-electron chi connectivity index (χ0n) is 11.8. The van der Waals surface area contributed by atoms with Crippen LogP contribution < -0.4 is 4.90 Å². The monoisotopic (exact) mass is 308 g/mol. The van der Waals surface area contributed by atoms with Gasteiger partial charge in [0.15, 0.2) is 0 Å². The minimum atomic E-state index is 0.0463. The second kappa shape index (κ2) is 6.37. The van der Waals surface area contributed by atoms with Crippen molar-refractivity contribution in [2.45, 2.75) is 20.8 Å². The Morgan fingerprint density at radius 3 is 2.55 bits per heavy atom. The van der Waals surface area contributed by atoms with Gasteiger partial charge in [0, 0.05) is 30.1 Å². The van der Waals surface area contributed by atoms with Gasteiger partial charge in [-0.05, 0) is 29.6 Å². The number of amides is 1. The second-order valence-corrected chi connectivity index (χ2v) is 6.30. The van der Waals surface area contributed by atoms with E-state index < -0.39 is 0 Å². The number of carbonyl (C=O) groups is 1. The lowest BCUT2D eigenvalue weighted by molar-refractivity contribution is -0.116. The third-order valence-electron chi connectivity index (χ3n) is 2.83. The first-order chi connectivity index (χ1) is 9.47. The maximum absolute atomic E-state index is 11.8. The Hall–Kier alpha value is -1.39. The van der Waals surface area contributed by atoms with Gasteiger partial charge in [-0.15, -0.1) is 0 Å². The summed E-state index contributed by atoms with van der Waals surface area (Å²) >= 11 is 7.23. The fourth-order valence-corrected chi connectivity index (χ4v) is 2.83. The SMILES string of the molecule is CC(=O)N(CC(C)C)c1cc(-c2ccc(Cl)cc2)ns1. The van der Waals surface area contributed by atoms with Crippen LogP contribution in [0.25, 0.3) is 11.3 Å². The third-order valence-corrected chi connectivity index (χ3v) is 3.90. The lowest BCUT2D eigenvalue weighted by Gasteiger charge is -2.20. The van der Waals surface area contributed by atoms with E-state index in [9.17, 15) is 4.79 Å². The van der Waals surface area contributed by atoms with Crippen molar-refractivity contribution in [2.24, 2.45) is 5.92 Å². The molecule has 0 fully saturated rings. The molecule has 0 aliphatic carbocycles. The smallest absolute Gasteiger partial charge is 0.224 e. The van der Waals surface area contributed by atoms with E-state index in [-0.39, 0.29) is 5.91 Å². The minimum absolute atomic E-state index is 0.0463. The summed E-state index contributed by atoms with van der Waals surface area (Å²) in [5.41, 5.74) is 1.88. The van der Waals surface area contributed by atoms with Crippen molar-refractivity contribution in [1.82, 2.24) is 4.37 Å². The summed E-state index contributed by atoms with van der Waals surface area (Å²) in [6.07, 6.45) is 0. The van der Waals surface area contributed by atoms with Gasteiger partial charge in [-0.25, -0.2) is 0 Å². The predicted octanol–water partition coefficient (Wildman–Crippen LogP) is 4.47. The zero-order valence-corrected chi connectivity index (χ0v) is 13.3. The molecule has 20 heavy (non-hydrogen) atoms. The van der Waals surface area contributed by atoms with E-state index in [1.165, 1.54) is 11.5 Å². The first-order valence-corrected chi connectivity index (χ1v) is 7.63. The highest BCUT2D eigenvalue weighted by Crippen LogP contribution is 2.29. The summed E-state index contributed by atoms with van der Waals surface area (Å²) in [5.74, 6) is 0.463. The van der Waals surface area contributed by atoms with Crippen LogP contribution in [0.4, 0.5) is 5.00 Å². The van der Waals surface area contributed by atoms with Crippen molar-refractivity contribution in [3.05, 3.63) is 35.4 Å². The molecule has 1 amide bonds. The first-order valence-electron chi connectivity index (χ1n) is 6.48. The van der Waals surface area contributed by atoms with Gasteiger partial charge in [-0.3, -0.25) is 4.79 Å². The molecule has 0 spiro atoms. The van der Waals surface area contributed by atoms with Crippen molar-refractivity contribution in [3.63, 3.8) is 0 Å². The molecule has 0 unspecified atom stereocenters. The molecule has 2 rings (SSSR count). The summed E-state index contributed by atoms with van der Waals surface area (Å²) < 4.78 is 4.43. The number of aromatic nitrogens is 1. The molecule has 106 valence electrons. The Morgan fingerprint density at radius 1 is 1.35 bits per heavy atom. The van der Waals surface area contributed by atoms with E-state index in [1.54, 1.807) is 11.8 Å². The number of halogens is 1. The van der Waals surface area contributed by atoms with Crippen molar-refractivity contribution in [1.29, 1.82) is 0 Å². The van der Waals surface area contributed by atoms with Gasteiger partial charge in [0.2, 0.25) is 5.91 Å². The molecule has 0 atom stereocenters. The van der Waals surface area contributed by atoms with E-state index in [4.69, 9.17) is 11.6 Å². The summed E-state index contributed by atoms with van der Waals surface area (Å²) in [4.78, 5) is 13.5. The summed E-state index contributed by atoms with van der Waals surface area (Å²) in [7, 11) is 0. The number of nitrogens with zero attached hydrogens (tertiary/aromatic N) is 2. The molecule has 3 nitrogen and oxygen atoms in total. The van der Waals surface area contributed by atoms with Gasteiger partial charge in [0.1, 0.15) is 5.00 Å². The molecule has 1 aromatic carbocycles. The average molecular weight is 309 g/mol. The number of carbonyl (C=O) groups excluding carboxylic acids is 1. The first kappa shape index (κ1) is 15.0. The fraction of sp³-hybridized carbons (Fsp3) is 0.333. The quantitative estimate of drug-likeness (QED) is 0.834. The molecule has 1 heterocycles. The van der Waals surface area contributed by atoms with Gasteiger partial charge in [-0.2, -0.15) is 4.37 Å². The van der Waals surface area contributed by atoms with Crippen LogP contribution in [-0.2, 0) is 4.79 Å². The van der Waals surface area contributed by atoms with Crippen molar-refractivity contribution in [3.8, 4) is 11.3 Å². The van der Waals surface area contributed by atoms with Gasteiger partial charge in [0.05, 0.1) is 5.69 Å².